The Morgan fingerprint density at radius 3 is 2.59 bits per heavy atom. The van der Waals surface area contributed by atoms with Crippen LogP contribution in [0.25, 0.3) is 0 Å². The van der Waals surface area contributed by atoms with Gasteiger partial charge in [-0.05, 0) is 35.9 Å². The molecule has 2 aromatic rings. The van der Waals surface area contributed by atoms with Gasteiger partial charge in [0, 0.05) is 30.2 Å². The second-order valence-corrected chi connectivity index (χ2v) is 9.61. The number of amides is 1. The number of ether oxygens (including phenoxy) is 1. The molecule has 0 radical (unpaired) electrons. The molecule has 1 heterocycles. The number of fused-ring (bicyclic) bond motifs is 1. The van der Waals surface area contributed by atoms with Crippen LogP contribution in [0.4, 0.5) is 5.69 Å². The molecule has 1 atom stereocenters. The molecule has 2 aromatic carbocycles. The smallest absolute Gasteiger partial charge is 0.240 e. The van der Waals surface area contributed by atoms with Crippen molar-refractivity contribution in [2.24, 2.45) is 0 Å². The fraction of sp³-hybridized carbons (Fsp3) is 0.316. The van der Waals surface area contributed by atoms with Gasteiger partial charge in [-0.15, -0.1) is 11.8 Å². The van der Waals surface area contributed by atoms with E-state index in [1.807, 2.05) is 19.1 Å². The highest BCUT2D eigenvalue weighted by molar-refractivity contribution is 8.00. The summed E-state index contributed by atoms with van der Waals surface area (Å²) in [5.74, 6) is 0.675. The minimum atomic E-state index is -3.66. The number of rotatable bonds is 5. The summed E-state index contributed by atoms with van der Waals surface area (Å²) in [6.07, 6.45) is 0. The molecular weight excluding hydrogens is 384 g/mol. The average Bonchev–Trinajstić information content (AvgIpc) is 2.65. The number of methoxy groups -OCH3 is 1. The van der Waals surface area contributed by atoms with Crippen LogP contribution in [-0.4, -0.2) is 33.2 Å². The van der Waals surface area contributed by atoms with Gasteiger partial charge in [-0.25, -0.2) is 13.1 Å². The van der Waals surface area contributed by atoms with Crippen molar-refractivity contribution in [3.63, 3.8) is 0 Å². The van der Waals surface area contributed by atoms with Crippen LogP contribution in [0.1, 0.15) is 19.4 Å². The zero-order valence-electron chi connectivity index (χ0n) is 15.4. The fourth-order valence-corrected chi connectivity index (χ4v) is 5.16. The van der Waals surface area contributed by atoms with Gasteiger partial charge in [0.15, 0.2) is 0 Å². The molecule has 0 aromatic heterocycles. The van der Waals surface area contributed by atoms with E-state index in [1.165, 1.54) is 6.92 Å². The monoisotopic (exact) mass is 406 g/mol. The molecule has 0 bridgehead atoms. The number of nitrogens with zero attached hydrogens (tertiary/aromatic N) is 1. The summed E-state index contributed by atoms with van der Waals surface area (Å²) in [4.78, 5) is 14.6. The van der Waals surface area contributed by atoms with Crippen LogP contribution in [-0.2, 0) is 21.4 Å². The number of carbonyl (C=O) groups excluding carboxylic acids is 1. The lowest BCUT2D eigenvalue weighted by atomic mass is 10.2. The third kappa shape index (κ3) is 4.45. The number of benzene rings is 2. The highest BCUT2D eigenvalue weighted by atomic mass is 32.2. The Labute approximate surface area is 164 Å². The first kappa shape index (κ1) is 19.7. The lowest BCUT2D eigenvalue weighted by Gasteiger charge is -2.32. The molecule has 1 aliphatic heterocycles. The maximum Gasteiger partial charge on any atom is 0.240 e. The minimum Gasteiger partial charge on any atom is -0.497 e. The summed E-state index contributed by atoms with van der Waals surface area (Å²) in [5.41, 5.74) is 1.60. The van der Waals surface area contributed by atoms with E-state index < -0.39 is 10.0 Å². The first-order valence-electron chi connectivity index (χ1n) is 8.51. The van der Waals surface area contributed by atoms with Gasteiger partial charge in [0.1, 0.15) is 5.75 Å². The predicted molar refractivity (Wildman–Crippen MR) is 107 cm³/mol. The molecule has 3 rings (SSSR count). The van der Waals surface area contributed by atoms with Crippen LogP contribution in [0, 0.1) is 0 Å². The van der Waals surface area contributed by atoms with Gasteiger partial charge in [-0.1, -0.05) is 19.1 Å². The molecule has 0 spiro atoms. The maximum absolute atomic E-state index is 12.7. The summed E-state index contributed by atoms with van der Waals surface area (Å²) in [5, 5.41) is 0.201. The Balaban J connectivity index is 1.80. The zero-order valence-corrected chi connectivity index (χ0v) is 17.1. The van der Waals surface area contributed by atoms with Crippen LogP contribution in [0.2, 0.25) is 0 Å². The molecule has 8 heteroatoms. The zero-order chi connectivity index (χ0) is 19.6. The second kappa shape index (κ2) is 7.92. The standard InChI is InChI=1S/C19H22N2O4S2/c1-13-12-21(14(2)22)18-9-8-17(10-19(18)26-13)27(23,24)20-11-15-4-6-16(25-3)7-5-15/h4-10,13,20H,11-12H2,1-3H3. The number of hydrogen-bond donors (Lipinski definition) is 1. The number of hydrogen-bond acceptors (Lipinski definition) is 5. The Bertz CT molecular complexity index is 943. The Hall–Kier alpha value is -2.03. The van der Waals surface area contributed by atoms with E-state index in [2.05, 4.69) is 4.72 Å². The van der Waals surface area contributed by atoms with Crippen molar-refractivity contribution in [3.8, 4) is 5.75 Å². The van der Waals surface area contributed by atoms with Crippen molar-refractivity contribution in [1.82, 2.24) is 4.72 Å². The molecular formula is C19H22N2O4S2. The molecule has 6 nitrogen and oxygen atoms in total. The van der Waals surface area contributed by atoms with Crippen LogP contribution < -0.4 is 14.4 Å². The normalized spacial score (nSPS) is 16.7. The molecule has 0 saturated heterocycles. The third-order valence-electron chi connectivity index (χ3n) is 4.31. The van der Waals surface area contributed by atoms with Gasteiger partial charge in [-0.3, -0.25) is 4.79 Å². The molecule has 0 saturated carbocycles. The molecule has 1 aliphatic rings. The lowest BCUT2D eigenvalue weighted by molar-refractivity contribution is -0.116. The van der Waals surface area contributed by atoms with E-state index in [1.54, 1.807) is 54.1 Å². The minimum absolute atomic E-state index is 0.0448. The summed E-state index contributed by atoms with van der Waals surface area (Å²) >= 11 is 1.58. The second-order valence-electron chi connectivity index (χ2n) is 6.36. The fourth-order valence-electron chi connectivity index (χ4n) is 2.89. The van der Waals surface area contributed by atoms with Gasteiger partial charge in [0.05, 0.1) is 17.7 Å². The molecule has 1 amide bonds. The predicted octanol–water partition coefficient (Wildman–Crippen LogP) is 3.02. The van der Waals surface area contributed by atoms with E-state index in [4.69, 9.17) is 4.74 Å². The van der Waals surface area contributed by atoms with E-state index in [0.717, 1.165) is 21.9 Å². The first-order chi connectivity index (χ1) is 12.8. The third-order valence-corrected chi connectivity index (χ3v) is 6.84. The summed E-state index contributed by atoms with van der Waals surface area (Å²) in [6.45, 7) is 4.35. The van der Waals surface area contributed by atoms with Crippen molar-refractivity contribution >= 4 is 33.4 Å². The molecule has 1 N–H and O–H groups in total. The first-order valence-corrected chi connectivity index (χ1v) is 10.9. The number of carbonyl (C=O) groups is 1. The maximum atomic E-state index is 12.7. The molecule has 0 aliphatic carbocycles. The highest BCUT2D eigenvalue weighted by Gasteiger charge is 2.27. The Morgan fingerprint density at radius 2 is 1.96 bits per heavy atom. The Morgan fingerprint density at radius 1 is 1.26 bits per heavy atom. The van der Waals surface area contributed by atoms with Crippen molar-refractivity contribution < 1.29 is 17.9 Å². The van der Waals surface area contributed by atoms with Crippen molar-refractivity contribution in [1.29, 1.82) is 0 Å². The van der Waals surface area contributed by atoms with E-state index in [9.17, 15) is 13.2 Å². The summed E-state index contributed by atoms with van der Waals surface area (Å²) < 4.78 is 33.1. The van der Waals surface area contributed by atoms with Crippen molar-refractivity contribution in [3.05, 3.63) is 48.0 Å². The van der Waals surface area contributed by atoms with Crippen LogP contribution in [0.15, 0.2) is 52.3 Å². The Kier molecular flexibility index (Phi) is 5.78. The molecule has 144 valence electrons. The number of anilines is 1. The number of thioether (sulfide) groups is 1. The van der Waals surface area contributed by atoms with Crippen LogP contribution in [0.3, 0.4) is 0 Å². The SMILES string of the molecule is COc1ccc(CNS(=O)(=O)c2ccc3c(c2)SC(C)CN3C(C)=O)cc1. The van der Waals surface area contributed by atoms with E-state index in [0.29, 0.717) is 6.54 Å². The lowest BCUT2D eigenvalue weighted by Crippen LogP contribution is -2.37. The summed E-state index contributed by atoms with van der Waals surface area (Å²) in [6, 6.07) is 12.1. The van der Waals surface area contributed by atoms with E-state index in [-0.39, 0.29) is 22.6 Å². The number of sulfonamides is 1. The van der Waals surface area contributed by atoms with Gasteiger partial charge < -0.3 is 9.64 Å². The van der Waals surface area contributed by atoms with Gasteiger partial charge in [0.2, 0.25) is 15.9 Å². The van der Waals surface area contributed by atoms with Gasteiger partial charge in [0.25, 0.3) is 0 Å². The summed E-state index contributed by atoms with van der Waals surface area (Å²) in [7, 11) is -2.08. The average molecular weight is 407 g/mol. The largest absolute Gasteiger partial charge is 0.497 e. The highest BCUT2D eigenvalue weighted by Crippen LogP contribution is 2.39. The van der Waals surface area contributed by atoms with Crippen LogP contribution >= 0.6 is 11.8 Å². The molecule has 1 unspecified atom stereocenters. The molecule has 27 heavy (non-hydrogen) atoms. The van der Waals surface area contributed by atoms with Crippen molar-refractivity contribution in [2.75, 3.05) is 18.6 Å². The van der Waals surface area contributed by atoms with Gasteiger partial charge in [-0.2, -0.15) is 0 Å². The van der Waals surface area contributed by atoms with Gasteiger partial charge >= 0.3 is 0 Å². The quantitative estimate of drug-likeness (QED) is 0.826. The van der Waals surface area contributed by atoms with E-state index >= 15 is 0 Å². The molecule has 0 fully saturated rings. The topological polar surface area (TPSA) is 75.7 Å². The van der Waals surface area contributed by atoms with Crippen LogP contribution in [0.5, 0.6) is 5.75 Å². The van der Waals surface area contributed by atoms with Crippen molar-refractivity contribution in [2.45, 2.75) is 35.4 Å². The number of nitrogens with one attached hydrogen (secondary N) is 1.